The highest BCUT2D eigenvalue weighted by atomic mass is 16.2. The Labute approximate surface area is 170 Å². The van der Waals surface area contributed by atoms with Gasteiger partial charge >= 0.3 is 0 Å². The minimum Gasteiger partial charge on any atom is -0.335 e. The molecule has 8 nitrogen and oxygen atoms in total. The Morgan fingerprint density at radius 1 is 1.14 bits per heavy atom. The second kappa shape index (κ2) is 8.30. The van der Waals surface area contributed by atoms with E-state index in [-0.39, 0.29) is 23.8 Å². The van der Waals surface area contributed by atoms with Crippen molar-refractivity contribution in [2.75, 3.05) is 31.6 Å². The van der Waals surface area contributed by atoms with Crippen molar-refractivity contribution in [2.24, 2.45) is 7.05 Å². The molecule has 1 aromatic heterocycles. The Morgan fingerprint density at radius 2 is 1.83 bits per heavy atom. The third kappa shape index (κ3) is 4.21. The van der Waals surface area contributed by atoms with Gasteiger partial charge in [0.1, 0.15) is 0 Å². The molecule has 1 saturated heterocycles. The summed E-state index contributed by atoms with van der Waals surface area (Å²) < 4.78 is 1.60. The Morgan fingerprint density at radius 3 is 2.38 bits per heavy atom. The molecule has 0 N–H and O–H groups in total. The summed E-state index contributed by atoms with van der Waals surface area (Å²) in [5.74, 6) is -0.376. The first-order chi connectivity index (χ1) is 13.8. The van der Waals surface area contributed by atoms with Crippen LogP contribution < -0.4 is 4.90 Å². The molecule has 0 saturated carbocycles. The van der Waals surface area contributed by atoms with Crippen LogP contribution in [0.3, 0.4) is 0 Å². The topological polar surface area (TPSA) is 78.8 Å². The number of rotatable bonds is 4. The molecular formula is C21H25N5O3. The molecule has 0 aliphatic carbocycles. The van der Waals surface area contributed by atoms with Crippen LogP contribution in [0.5, 0.6) is 0 Å². The number of benzene rings is 1. The number of hydrogen-bond donors (Lipinski definition) is 0. The van der Waals surface area contributed by atoms with E-state index in [0.717, 1.165) is 0 Å². The van der Waals surface area contributed by atoms with Crippen molar-refractivity contribution < 1.29 is 14.4 Å². The fourth-order valence-electron chi connectivity index (χ4n) is 3.42. The Bertz CT molecular complexity index is 934. The van der Waals surface area contributed by atoms with Gasteiger partial charge in [-0.25, -0.2) is 0 Å². The van der Waals surface area contributed by atoms with Gasteiger partial charge in [0.25, 0.3) is 11.8 Å². The molecule has 1 aromatic carbocycles. The summed E-state index contributed by atoms with van der Waals surface area (Å²) in [4.78, 5) is 42.3. The Balaban J connectivity index is 1.65. The van der Waals surface area contributed by atoms with Crippen LogP contribution in [0, 0.1) is 0 Å². The minimum absolute atomic E-state index is 0.0722. The normalized spacial score (nSPS) is 16.4. The predicted molar refractivity (Wildman–Crippen MR) is 110 cm³/mol. The predicted octanol–water partition coefficient (Wildman–Crippen LogP) is 1.56. The number of aryl methyl sites for hydroxylation is 1. The van der Waals surface area contributed by atoms with E-state index in [1.807, 2.05) is 6.92 Å². The van der Waals surface area contributed by atoms with E-state index in [0.29, 0.717) is 36.4 Å². The van der Waals surface area contributed by atoms with Crippen molar-refractivity contribution in [1.82, 2.24) is 19.6 Å². The van der Waals surface area contributed by atoms with E-state index < -0.39 is 0 Å². The molecule has 3 rings (SSSR count). The van der Waals surface area contributed by atoms with Gasteiger partial charge in [-0.05, 0) is 37.3 Å². The molecule has 1 atom stereocenters. The van der Waals surface area contributed by atoms with Gasteiger partial charge in [-0.15, -0.1) is 0 Å². The molecule has 29 heavy (non-hydrogen) atoms. The maximum absolute atomic E-state index is 12.9. The van der Waals surface area contributed by atoms with Crippen LogP contribution in [-0.4, -0.2) is 70.0 Å². The summed E-state index contributed by atoms with van der Waals surface area (Å²) >= 11 is 0. The molecule has 0 spiro atoms. The number of amides is 3. The highest BCUT2D eigenvalue weighted by Crippen LogP contribution is 2.19. The fraction of sp³-hybridized carbons (Fsp3) is 0.333. The number of likely N-dealkylation sites (N-methyl/N-ethyl adjacent to an activating group) is 1. The molecule has 0 unspecified atom stereocenters. The van der Waals surface area contributed by atoms with E-state index in [4.69, 9.17) is 0 Å². The third-order valence-electron chi connectivity index (χ3n) is 5.13. The molecule has 2 heterocycles. The van der Waals surface area contributed by atoms with Crippen LogP contribution in [0.15, 0.2) is 49.3 Å². The van der Waals surface area contributed by atoms with Gasteiger partial charge in [0.05, 0.1) is 11.8 Å². The summed E-state index contributed by atoms with van der Waals surface area (Å²) in [7, 11) is 3.42. The Kier molecular flexibility index (Phi) is 5.81. The number of hydrogen-bond acceptors (Lipinski definition) is 4. The summed E-state index contributed by atoms with van der Waals surface area (Å²) in [6, 6.07) is 6.79. The molecule has 0 bridgehead atoms. The van der Waals surface area contributed by atoms with Crippen LogP contribution >= 0.6 is 0 Å². The number of carbonyl (C=O) groups excluding carboxylic acids is 3. The van der Waals surface area contributed by atoms with Crippen molar-refractivity contribution in [3.05, 3.63) is 60.4 Å². The zero-order chi connectivity index (χ0) is 21.1. The second-order valence-electron chi connectivity index (χ2n) is 7.15. The first-order valence-corrected chi connectivity index (χ1v) is 9.41. The molecule has 0 radical (unpaired) electrons. The second-order valence-corrected chi connectivity index (χ2v) is 7.15. The Hall–Kier alpha value is -3.42. The summed E-state index contributed by atoms with van der Waals surface area (Å²) in [5.41, 5.74) is 1.78. The van der Waals surface area contributed by atoms with Gasteiger partial charge in [-0.3, -0.25) is 19.1 Å². The number of nitrogens with zero attached hydrogens (tertiary/aromatic N) is 5. The van der Waals surface area contributed by atoms with Crippen LogP contribution in [-0.2, 0) is 11.8 Å². The zero-order valence-corrected chi connectivity index (χ0v) is 16.9. The molecular weight excluding hydrogens is 370 g/mol. The lowest BCUT2D eigenvalue weighted by molar-refractivity contribution is -0.113. The lowest BCUT2D eigenvalue weighted by atomic mass is 10.1. The molecule has 1 aliphatic rings. The average molecular weight is 395 g/mol. The first kappa shape index (κ1) is 20.3. The molecule has 8 heteroatoms. The fourth-order valence-corrected chi connectivity index (χ4v) is 3.42. The third-order valence-corrected chi connectivity index (χ3v) is 5.13. The zero-order valence-electron chi connectivity index (χ0n) is 16.9. The molecule has 152 valence electrons. The molecule has 1 fully saturated rings. The lowest BCUT2D eigenvalue weighted by Crippen LogP contribution is -2.55. The van der Waals surface area contributed by atoms with Crippen LogP contribution in [0.25, 0.3) is 0 Å². The van der Waals surface area contributed by atoms with Gasteiger partial charge in [-0.1, -0.05) is 6.58 Å². The van der Waals surface area contributed by atoms with Crippen molar-refractivity contribution in [3.63, 3.8) is 0 Å². The maximum Gasteiger partial charge on any atom is 0.257 e. The standard InChI is InChI=1S/C21H25N5O3/c1-5-19(27)24(4)18-8-6-16(7-9-18)20(28)25-10-11-26(15(2)13-25)21(29)17-12-22-23(3)14-17/h5-9,12,14-15H,1,10-11,13H2,2-4H3/t15-/m0/s1. The summed E-state index contributed by atoms with van der Waals surface area (Å²) in [6.45, 7) is 6.80. The van der Waals surface area contributed by atoms with Gasteiger partial charge in [0.2, 0.25) is 5.91 Å². The van der Waals surface area contributed by atoms with Crippen molar-refractivity contribution >= 4 is 23.4 Å². The van der Waals surface area contributed by atoms with E-state index in [1.165, 1.54) is 11.0 Å². The van der Waals surface area contributed by atoms with E-state index in [1.54, 1.807) is 65.2 Å². The van der Waals surface area contributed by atoms with Gasteiger partial charge in [0, 0.05) is 57.2 Å². The van der Waals surface area contributed by atoms with Crippen molar-refractivity contribution in [2.45, 2.75) is 13.0 Å². The highest BCUT2D eigenvalue weighted by Gasteiger charge is 2.31. The number of anilines is 1. The van der Waals surface area contributed by atoms with E-state index in [2.05, 4.69) is 11.7 Å². The summed E-state index contributed by atoms with van der Waals surface area (Å²) in [5, 5.41) is 4.05. The van der Waals surface area contributed by atoms with Crippen molar-refractivity contribution in [1.29, 1.82) is 0 Å². The average Bonchev–Trinajstić information content (AvgIpc) is 3.18. The highest BCUT2D eigenvalue weighted by molar-refractivity contribution is 6.01. The number of piperazine rings is 1. The van der Waals surface area contributed by atoms with E-state index >= 15 is 0 Å². The minimum atomic E-state index is -0.215. The molecule has 1 aliphatic heterocycles. The van der Waals surface area contributed by atoms with Gasteiger partial charge in [0.15, 0.2) is 0 Å². The quantitative estimate of drug-likeness (QED) is 0.736. The smallest absolute Gasteiger partial charge is 0.257 e. The van der Waals surface area contributed by atoms with E-state index in [9.17, 15) is 14.4 Å². The maximum atomic E-state index is 12.9. The number of carbonyl (C=O) groups is 3. The first-order valence-electron chi connectivity index (χ1n) is 9.41. The number of aromatic nitrogens is 2. The SMILES string of the molecule is C=CC(=O)N(C)c1ccc(C(=O)N2CCN(C(=O)c3cnn(C)c3)[C@@H](C)C2)cc1. The molecule has 3 amide bonds. The monoisotopic (exact) mass is 395 g/mol. The van der Waals surface area contributed by atoms with Crippen LogP contribution in [0.2, 0.25) is 0 Å². The van der Waals surface area contributed by atoms with Gasteiger partial charge < -0.3 is 14.7 Å². The largest absolute Gasteiger partial charge is 0.335 e. The van der Waals surface area contributed by atoms with Crippen LogP contribution in [0.4, 0.5) is 5.69 Å². The lowest BCUT2D eigenvalue weighted by Gasteiger charge is -2.39. The van der Waals surface area contributed by atoms with Crippen molar-refractivity contribution in [3.8, 4) is 0 Å². The van der Waals surface area contributed by atoms with Crippen LogP contribution in [0.1, 0.15) is 27.6 Å². The summed E-state index contributed by atoms with van der Waals surface area (Å²) in [6.07, 6.45) is 4.50. The molecule has 2 aromatic rings. The van der Waals surface area contributed by atoms with Gasteiger partial charge in [-0.2, -0.15) is 5.10 Å².